The van der Waals surface area contributed by atoms with Crippen molar-refractivity contribution in [3.8, 4) is 5.75 Å². The van der Waals surface area contributed by atoms with Crippen LogP contribution in [0.4, 0.5) is 14.5 Å². The van der Waals surface area contributed by atoms with Crippen LogP contribution >= 0.6 is 0 Å². The van der Waals surface area contributed by atoms with Crippen molar-refractivity contribution in [1.29, 1.82) is 0 Å². The van der Waals surface area contributed by atoms with E-state index in [1.807, 2.05) is 19.2 Å². The maximum atomic E-state index is 12.6. The molecule has 0 spiro atoms. The number of anilines is 1. The Morgan fingerprint density at radius 2 is 2.14 bits per heavy atom. The standard InChI is InChI=1S/C19H31F2N5O2/c1-22-19(23-9-11-25(2)12-13-27-3)24-15-8-10-26(14-15)16-6-4-5-7-17(16)28-18(20)21/h4-7,15,18H,8-14H2,1-3H3,(H2,22,23,24). The smallest absolute Gasteiger partial charge is 0.387 e. The fraction of sp³-hybridized carbons (Fsp3) is 0.632. The molecule has 0 aromatic heterocycles. The van der Waals surface area contributed by atoms with Gasteiger partial charge in [0.15, 0.2) is 5.96 Å². The highest BCUT2D eigenvalue weighted by molar-refractivity contribution is 5.80. The summed E-state index contributed by atoms with van der Waals surface area (Å²) in [4.78, 5) is 8.51. The number of halogens is 2. The minimum absolute atomic E-state index is 0.178. The van der Waals surface area contributed by atoms with E-state index in [2.05, 4.69) is 30.2 Å². The Morgan fingerprint density at radius 1 is 1.36 bits per heavy atom. The number of para-hydroxylation sites is 2. The summed E-state index contributed by atoms with van der Waals surface area (Å²) in [5, 5.41) is 6.72. The van der Waals surface area contributed by atoms with Crippen LogP contribution in [0.5, 0.6) is 5.75 Å². The number of guanidine groups is 1. The molecular formula is C19H31F2N5O2. The monoisotopic (exact) mass is 399 g/mol. The zero-order valence-corrected chi connectivity index (χ0v) is 16.8. The van der Waals surface area contributed by atoms with Gasteiger partial charge in [-0.05, 0) is 25.6 Å². The number of likely N-dealkylation sites (N-methyl/N-ethyl adjacent to an activating group) is 1. The Bertz CT molecular complexity index is 618. The topological polar surface area (TPSA) is 61.4 Å². The molecule has 1 aromatic rings. The van der Waals surface area contributed by atoms with Crippen LogP contribution in [0, 0.1) is 0 Å². The molecule has 1 unspecified atom stereocenters. The first-order chi connectivity index (χ1) is 13.5. The number of nitrogens with zero attached hydrogens (tertiary/aromatic N) is 3. The van der Waals surface area contributed by atoms with Crippen LogP contribution in [-0.2, 0) is 4.74 Å². The van der Waals surface area contributed by atoms with Crippen molar-refractivity contribution in [2.24, 2.45) is 4.99 Å². The number of ether oxygens (including phenoxy) is 2. The van der Waals surface area contributed by atoms with Crippen molar-refractivity contribution in [3.05, 3.63) is 24.3 Å². The molecular weight excluding hydrogens is 368 g/mol. The van der Waals surface area contributed by atoms with E-state index in [0.29, 0.717) is 18.8 Å². The van der Waals surface area contributed by atoms with Crippen molar-refractivity contribution >= 4 is 11.6 Å². The molecule has 2 rings (SSSR count). The highest BCUT2D eigenvalue weighted by Gasteiger charge is 2.26. The van der Waals surface area contributed by atoms with Gasteiger partial charge in [0, 0.05) is 52.9 Å². The zero-order valence-electron chi connectivity index (χ0n) is 16.8. The molecule has 0 aliphatic carbocycles. The SMILES string of the molecule is CN=C(NCCN(C)CCOC)NC1CCN(c2ccccc2OC(F)F)C1. The maximum Gasteiger partial charge on any atom is 0.387 e. The number of alkyl halides is 2. The van der Waals surface area contributed by atoms with E-state index < -0.39 is 6.61 Å². The molecule has 1 saturated heterocycles. The lowest BCUT2D eigenvalue weighted by Crippen LogP contribution is -2.46. The molecule has 9 heteroatoms. The summed E-state index contributed by atoms with van der Waals surface area (Å²) in [5.41, 5.74) is 0.690. The lowest BCUT2D eigenvalue weighted by molar-refractivity contribution is -0.0495. The first-order valence-electron chi connectivity index (χ1n) is 9.47. The predicted octanol–water partition coefficient (Wildman–Crippen LogP) is 1.61. The van der Waals surface area contributed by atoms with E-state index in [-0.39, 0.29) is 11.8 Å². The van der Waals surface area contributed by atoms with Gasteiger partial charge in [-0.1, -0.05) is 12.1 Å². The van der Waals surface area contributed by atoms with Crippen LogP contribution in [0.1, 0.15) is 6.42 Å². The van der Waals surface area contributed by atoms with Crippen LogP contribution in [0.25, 0.3) is 0 Å². The summed E-state index contributed by atoms with van der Waals surface area (Å²) in [6.45, 7) is 1.85. The quantitative estimate of drug-likeness (QED) is 0.461. The maximum absolute atomic E-state index is 12.6. The highest BCUT2D eigenvalue weighted by Crippen LogP contribution is 2.31. The first-order valence-corrected chi connectivity index (χ1v) is 9.47. The molecule has 0 amide bonds. The van der Waals surface area contributed by atoms with E-state index in [1.165, 1.54) is 0 Å². The number of rotatable bonds is 10. The first kappa shape index (κ1) is 22.2. The second-order valence-electron chi connectivity index (χ2n) is 6.72. The summed E-state index contributed by atoms with van der Waals surface area (Å²) in [5.74, 6) is 0.948. The average Bonchev–Trinajstić information content (AvgIpc) is 3.13. The Kier molecular flexibility index (Phi) is 9.22. The highest BCUT2D eigenvalue weighted by atomic mass is 19.3. The fourth-order valence-electron chi connectivity index (χ4n) is 3.12. The lowest BCUT2D eigenvalue weighted by atomic mass is 10.2. The van der Waals surface area contributed by atoms with E-state index in [0.717, 1.165) is 38.6 Å². The van der Waals surface area contributed by atoms with E-state index in [9.17, 15) is 8.78 Å². The predicted molar refractivity (Wildman–Crippen MR) is 108 cm³/mol. The van der Waals surface area contributed by atoms with E-state index in [1.54, 1.807) is 26.3 Å². The lowest BCUT2D eigenvalue weighted by Gasteiger charge is -2.23. The Labute approximate surface area is 165 Å². The molecule has 0 radical (unpaired) electrons. The van der Waals surface area contributed by atoms with Crippen LogP contribution in [0.15, 0.2) is 29.3 Å². The number of benzene rings is 1. The van der Waals surface area contributed by atoms with Crippen molar-refractivity contribution in [2.75, 3.05) is 65.4 Å². The molecule has 0 bridgehead atoms. The van der Waals surface area contributed by atoms with Gasteiger partial charge in [0.25, 0.3) is 0 Å². The number of hydrogen-bond acceptors (Lipinski definition) is 5. The third-order valence-electron chi connectivity index (χ3n) is 4.64. The van der Waals surface area contributed by atoms with Crippen LogP contribution in [-0.4, -0.2) is 84.0 Å². The molecule has 0 saturated carbocycles. The minimum Gasteiger partial charge on any atom is -0.433 e. The molecule has 1 aliphatic heterocycles. The fourth-order valence-corrected chi connectivity index (χ4v) is 3.12. The Balaban J connectivity index is 1.82. The van der Waals surface area contributed by atoms with Crippen LogP contribution < -0.4 is 20.3 Å². The molecule has 1 atom stereocenters. The van der Waals surface area contributed by atoms with Gasteiger partial charge in [0.2, 0.25) is 0 Å². The molecule has 158 valence electrons. The summed E-state index contributed by atoms with van der Waals surface area (Å²) >= 11 is 0. The third-order valence-corrected chi connectivity index (χ3v) is 4.64. The van der Waals surface area contributed by atoms with Gasteiger partial charge in [-0.25, -0.2) is 0 Å². The van der Waals surface area contributed by atoms with Crippen molar-refractivity contribution in [3.63, 3.8) is 0 Å². The number of aliphatic imine (C=N–C) groups is 1. The van der Waals surface area contributed by atoms with E-state index >= 15 is 0 Å². The largest absolute Gasteiger partial charge is 0.433 e. The number of hydrogen-bond donors (Lipinski definition) is 2. The van der Waals surface area contributed by atoms with Gasteiger partial charge in [-0.15, -0.1) is 0 Å². The van der Waals surface area contributed by atoms with Crippen LogP contribution in [0.3, 0.4) is 0 Å². The normalized spacial score (nSPS) is 17.5. The number of nitrogens with one attached hydrogen (secondary N) is 2. The average molecular weight is 399 g/mol. The van der Waals surface area contributed by atoms with Gasteiger partial charge < -0.3 is 29.9 Å². The van der Waals surface area contributed by atoms with E-state index in [4.69, 9.17) is 4.74 Å². The van der Waals surface area contributed by atoms with Crippen molar-refractivity contribution in [1.82, 2.24) is 15.5 Å². The summed E-state index contributed by atoms with van der Waals surface area (Å²) in [7, 11) is 5.48. The molecule has 1 aromatic carbocycles. The second-order valence-corrected chi connectivity index (χ2v) is 6.72. The summed E-state index contributed by atoms with van der Waals surface area (Å²) < 4.78 is 35.0. The molecule has 1 aliphatic rings. The molecule has 1 fully saturated rings. The molecule has 28 heavy (non-hydrogen) atoms. The van der Waals surface area contributed by atoms with Crippen molar-refractivity contribution in [2.45, 2.75) is 19.1 Å². The Hall–Kier alpha value is -2.13. The van der Waals surface area contributed by atoms with Gasteiger partial charge in [-0.2, -0.15) is 8.78 Å². The van der Waals surface area contributed by atoms with Gasteiger partial charge >= 0.3 is 6.61 Å². The van der Waals surface area contributed by atoms with Crippen LogP contribution in [0.2, 0.25) is 0 Å². The Morgan fingerprint density at radius 3 is 2.86 bits per heavy atom. The zero-order chi connectivity index (χ0) is 20.4. The molecule has 2 N–H and O–H groups in total. The summed E-state index contributed by atoms with van der Waals surface area (Å²) in [6, 6.07) is 7.08. The second kappa shape index (κ2) is 11.7. The number of methoxy groups -OCH3 is 1. The van der Waals surface area contributed by atoms with Gasteiger partial charge in [-0.3, -0.25) is 4.99 Å². The summed E-state index contributed by atoms with van der Waals surface area (Å²) in [6.07, 6.45) is 0.886. The van der Waals surface area contributed by atoms with Crippen molar-refractivity contribution < 1.29 is 18.3 Å². The minimum atomic E-state index is -2.83. The molecule has 1 heterocycles. The van der Waals surface area contributed by atoms with Gasteiger partial charge in [0.1, 0.15) is 5.75 Å². The molecule has 7 nitrogen and oxygen atoms in total. The van der Waals surface area contributed by atoms with Gasteiger partial charge in [0.05, 0.1) is 12.3 Å². The third kappa shape index (κ3) is 7.12.